The van der Waals surface area contributed by atoms with E-state index < -0.39 is 39.6 Å². The number of carbonyl (C=O) groups is 3. The molecular formula is C20H22FN5O5S2. The summed E-state index contributed by atoms with van der Waals surface area (Å²) in [6.07, 6.45) is 1.36. The summed E-state index contributed by atoms with van der Waals surface area (Å²) in [5, 5.41) is 2.69. The van der Waals surface area contributed by atoms with Gasteiger partial charge in [0.1, 0.15) is 16.4 Å². The maximum Gasteiger partial charge on any atom is 0.311 e. The van der Waals surface area contributed by atoms with Gasteiger partial charge in [-0.25, -0.2) is 17.5 Å². The largest absolute Gasteiger partial charge is 0.361 e. The molecule has 3 amide bonds. The minimum Gasteiger partial charge on any atom is -0.361 e. The number of fused-ring (bicyclic) bond motifs is 2. The van der Waals surface area contributed by atoms with Crippen molar-refractivity contribution in [3.8, 4) is 0 Å². The molecule has 13 heteroatoms. The van der Waals surface area contributed by atoms with Crippen molar-refractivity contribution in [2.45, 2.75) is 22.8 Å². The SMILES string of the molecule is Cc1cc(NC(=O)c2c3c(cn2C)S(=O)(=O)N[C@H]2CN(C(=O)C(N)=O)C[C@H]2CS3)ccc1F. The van der Waals surface area contributed by atoms with Crippen molar-refractivity contribution in [1.82, 2.24) is 14.2 Å². The van der Waals surface area contributed by atoms with E-state index in [1.807, 2.05) is 0 Å². The van der Waals surface area contributed by atoms with Crippen LogP contribution in [0, 0.1) is 18.7 Å². The van der Waals surface area contributed by atoms with E-state index in [9.17, 15) is 27.2 Å². The molecule has 2 atom stereocenters. The fraction of sp³-hybridized carbons (Fsp3) is 0.350. The number of sulfonamides is 1. The predicted molar refractivity (Wildman–Crippen MR) is 119 cm³/mol. The number of hydrogen-bond donors (Lipinski definition) is 3. The van der Waals surface area contributed by atoms with Gasteiger partial charge in [0.25, 0.3) is 5.91 Å². The molecule has 1 fully saturated rings. The summed E-state index contributed by atoms with van der Waals surface area (Å²) in [7, 11) is -2.45. The average molecular weight is 496 g/mol. The van der Waals surface area contributed by atoms with Gasteiger partial charge in [-0.15, -0.1) is 11.8 Å². The van der Waals surface area contributed by atoms with E-state index in [1.165, 1.54) is 45.6 Å². The lowest BCUT2D eigenvalue weighted by Gasteiger charge is -2.22. The van der Waals surface area contributed by atoms with Crippen LogP contribution in [0.1, 0.15) is 16.1 Å². The van der Waals surface area contributed by atoms with Gasteiger partial charge in [0.15, 0.2) is 0 Å². The smallest absolute Gasteiger partial charge is 0.311 e. The maximum absolute atomic E-state index is 13.6. The van der Waals surface area contributed by atoms with E-state index in [4.69, 9.17) is 5.73 Å². The molecule has 4 rings (SSSR count). The summed E-state index contributed by atoms with van der Waals surface area (Å²) in [6.45, 7) is 1.77. The number of thioether (sulfide) groups is 1. The number of halogens is 1. The van der Waals surface area contributed by atoms with Crippen LogP contribution in [0.3, 0.4) is 0 Å². The van der Waals surface area contributed by atoms with Crippen LogP contribution in [-0.2, 0) is 26.7 Å². The molecule has 3 heterocycles. The Morgan fingerprint density at radius 3 is 2.67 bits per heavy atom. The zero-order valence-electron chi connectivity index (χ0n) is 17.8. The van der Waals surface area contributed by atoms with E-state index in [0.29, 0.717) is 17.0 Å². The van der Waals surface area contributed by atoms with Gasteiger partial charge in [0.05, 0.1) is 4.90 Å². The number of nitrogens with zero attached hydrogens (tertiary/aromatic N) is 2. The van der Waals surface area contributed by atoms with Gasteiger partial charge in [-0.05, 0) is 30.7 Å². The van der Waals surface area contributed by atoms with E-state index in [1.54, 1.807) is 14.0 Å². The van der Waals surface area contributed by atoms with E-state index in [2.05, 4.69) is 10.0 Å². The molecule has 0 radical (unpaired) electrons. The van der Waals surface area contributed by atoms with Crippen LogP contribution in [-0.4, -0.2) is 60.5 Å². The quantitative estimate of drug-likeness (QED) is 0.515. The molecule has 0 unspecified atom stereocenters. The Labute approximate surface area is 193 Å². The summed E-state index contributed by atoms with van der Waals surface area (Å²) in [5.74, 6) is -2.78. The lowest BCUT2D eigenvalue weighted by molar-refractivity contribution is -0.143. The topological polar surface area (TPSA) is 144 Å². The molecule has 2 aliphatic heterocycles. The standard InChI is InChI=1S/C20H22FN5O5S2/c1-10-5-12(3-4-13(10)21)23-19(28)16-17-15(8-25(16)2)33(30,31)24-14-7-26(20(29)18(22)27)6-11(14)9-32-17/h3-5,8,11,14,24H,6-7,9H2,1-2H3,(H2,22,27)(H,23,28)/t11-,14-/m0/s1. The van der Waals surface area contributed by atoms with Crippen molar-refractivity contribution < 1.29 is 27.2 Å². The van der Waals surface area contributed by atoms with Crippen LogP contribution < -0.4 is 15.8 Å². The zero-order chi connectivity index (χ0) is 24.1. The first-order chi connectivity index (χ1) is 15.5. The molecule has 2 aromatic rings. The summed E-state index contributed by atoms with van der Waals surface area (Å²) in [4.78, 5) is 37.8. The van der Waals surface area contributed by atoms with Crippen molar-refractivity contribution in [3.63, 3.8) is 0 Å². The molecule has 1 saturated heterocycles. The third-order valence-corrected chi connectivity index (χ3v) is 8.64. The highest BCUT2D eigenvalue weighted by Crippen LogP contribution is 2.37. The number of aryl methyl sites for hydroxylation is 2. The van der Waals surface area contributed by atoms with Gasteiger partial charge in [0.2, 0.25) is 10.0 Å². The van der Waals surface area contributed by atoms with Gasteiger partial charge < -0.3 is 20.5 Å². The molecule has 1 aromatic heterocycles. The van der Waals surface area contributed by atoms with E-state index in [-0.39, 0.29) is 34.5 Å². The highest BCUT2D eigenvalue weighted by atomic mass is 32.2. The first-order valence-electron chi connectivity index (χ1n) is 9.98. The second-order valence-electron chi connectivity index (χ2n) is 8.07. The number of hydrogen-bond acceptors (Lipinski definition) is 6. The Bertz CT molecular complexity index is 1280. The van der Waals surface area contributed by atoms with Crippen LogP contribution in [0.25, 0.3) is 0 Å². The molecule has 4 N–H and O–H groups in total. The fourth-order valence-corrected chi connectivity index (χ4v) is 7.25. The van der Waals surface area contributed by atoms with Crippen molar-refractivity contribution in [3.05, 3.63) is 41.5 Å². The number of likely N-dealkylation sites (tertiary alicyclic amines) is 1. The molecular weight excluding hydrogens is 473 g/mol. The Morgan fingerprint density at radius 1 is 1.27 bits per heavy atom. The third kappa shape index (κ3) is 4.35. The van der Waals surface area contributed by atoms with Gasteiger partial charge in [-0.3, -0.25) is 14.4 Å². The Morgan fingerprint density at radius 2 is 2.00 bits per heavy atom. The Hall–Kier alpha value is -2.90. The lowest BCUT2D eigenvalue weighted by Crippen LogP contribution is -2.43. The Balaban J connectivity index is 1.64. The number of rotatable bonds is 2. The lowest BCUT2D eigenvalue weighted by atomic mass is 10.1. The number of carbonyl (C=O) groups excluding carboxylic acids is 3. The zero-order valence-corrected chi connectivity index (χ0v) is 19.4. The van der Waals surface area contributed by atoms with Crippen LogP contribution >= 0.6 is 11.8 Å². The third-order valence-electron chi connectivity index (χ3n) is 5.71. The summed E-state index contributed by atoms with van der Waals surface area (Å²) >= 11 is 1.20. The van der Waals surface area contributed by atoms with Gasteiger partial charge >= 0.3 is 11.8 Å². The first-order valence-corrected chi connectivity index (χ1v) is 12.5. The second-order valence-corrected chi connectivity index (χ2v) is 10.8. The van der Waals surface area contributed by atoms with Crippen molar-refractivity contribution in [2.75, 3.05) is 24.2 Å². The number of anilines is 1. The monoisotopic (exact) mass is 495 g/mol. The second kappa shape index (κ2) is 8.47. The van der Waals surface area contributed by atoms with Crippen molar-refractivity contribution in [2.24, 2.45) is 18.7 Å². The maximum atomic E-state index is 13.6. The van der Waals surface area contributed by atoms with Crippen molar-refractivity contribution >= 4 is 45.2 Å². The van der Waals surface area contributed by atoms with E-state index in [0.717, 1.165) is 0 Å². The fourth-order valence-electron chi connectivity index (χ4n) is 4.03. The summed E-state index contributed by atoms with van der Waals surface area (Å²) < 4.78 is 43.8. The number of aromatic nitrogens is 1. The normalized spacial score (nSPS) is 21.5. The minimum atomic E-state index is -4.02. The molecule has 0 saturated carbocycles. The highest BCUT2D eigenvalue weighted by Gasteiger charge is 2.42. The number of nitrogens with two attached hydrogens (primary N) is 1. The van der Waals surface area contributed by atoms with Crippen LogP contribution in [0.2, 0.25) is 0 Å². The summed E-state index contributed by atoms with van der Waals surface area (Å²) in [6, 6.07) is 3.56. The number of amides is 3. The van der Waals surface area contributed by atoms with Gasteiger partial charge in [-0.1, -0.05) is 0 Å². The molecule has 2 aliphatic rings. The van der Waals surface area contributed by atoms with E-state index >= 15 is 0 Å². The predicted octanol–water partition coefficient (Wildman–Crippen LogP) is 0.421. The molecule has 0 aliphatic carbocycles. The molecule has 0 bridgehead atoms. The van der Waals surface area contributed by atoms with Crippen molar-refractivity contribution in [1.29, 1.82) is 0 Å². The number of nitrogens with one attached hydrogen (secondary N) is 2. The molecule has 1 aromatic carbocycles. The minimum absolute atomic E-state index is 0.0334. The molecule has 176 valence electrons. The van der Waals surface area contributed by atoms with Gasteiger partial charge in [-0.2, -0.15) is 0 Å². The summed E-state index contributed by atoms with van der Waals surface area (Å²) in [5.41, 5.74) is 5.96. The van der Waals surface area contributed by atoms with Crippen LogP contribution in [0.4, 0.5) is 10.1 Å². The Kier molecular flexibility index (Phi) is 5.97. The van der Waals surface area contributed by atoms with Crippen LogP contribution in [0.5, 0.6) is 0 Å². The van der Waals surface area contributed by atoms with Gasteiger partial charge in [0, 0.05) is 49.7 Å². The molecule has 33 heavy (non-hydrogen) atoms. The van der Waals surface area contributed by atoms with Crippen LogP contribution in [0.15, 0.2) is 34.2 Å². The highest BCUT2D eigenvalue weighted by molar-refractivity contribution is 8.00. The first kappa shape index (κ1) is 23.3. The average Bonchev–Trinajstić information content (AvgIpc) is 3.27. The number of benzene rings is 1. The molecule has 10 nitrogen and oxygen atoms in total. The molecule has 0 spiro atoms. The number of primary amides is 1.